The average Bonchev–Trinajstić information content (AvgIpc) is 2.82. The maximum atomic E-state index is 13.8. The van der Waals surface area contributed by atoms with Crippen molar-refractivity contribution < 1.29 is 4.39 Å². The third-order valence-electron chi connectivity index (χ3n) is 3.60. The molecule has 2 unspecified atom stereocenters. The Hall–Kier alpha value is -0.410. The van der Waals surface area contributed by atoms with E-state index in [0.717, 1.165) is 16.5 Å². The van der Waals surface area contributed by atoms with Crippen molar-refractivity contribution in [1.29, 1.82) is 0 Å². The van der Waals surface area contributed by atoms with Crippen LogP contribution in [0.15, 0.2) is 22.7 Å². The molecule has 2 rings (SSSR count). The molecule has 1 N–H and O–H groups in total. The fourth-order valence-electron chi connectivity index (χ4n) is 2.40. The molecule has 0 radical (unpaired) electrons. The molecule has 0 amide bonds. The number of halogens is 2. The summed E-state index contributed by atoms with van der Waals surface area (Å²) in [6.07, 6.45) is 1.16. The zero-order chi connectivity index (χ0) is 11.9. The quantitative estimate of drug-likeness (QED) is 0.888. The van der Waals surface area contributed by atoms with Crippen molar-refractivity contribution in [3.8, 4) is 0 Å². The van der Waals surface area contributed by atoms with E-state index in [1.807, 2.05) is 13.1 Å². The summed E-state index contributed by atoms with van der Waals surface area (Å²) < 4.78 is 14.7. The van der Waals surface area contributed by atoms with Crippen LogP contribution >= 0.6 is 15.9 Å². The highest BCUT2D eigenvalue weighted by atomic mass is 79.9. The van der Waals surface area contributed by atoms with E-state index in [0.29, 0.717) is 11.3 Å². The molecule has 16 heavy (non-hydrogen) atoms. The van der Waals surface area contributed by atoms with Gasteiger partial charge in [-0.3, -0.25) is 0 Å². The van der Waals surface area contributed by atoms with Gasteiger partial charge in [0.2, 0.25) is 0 Å². The molecular formula is C13H17BrFN. The first-order chi connectivity index (χ1) is 7.45. The lowest BCUT2D eigenvalue weighted by Gasteiger charge is -2.19. The summed E-state index contributed by atoms with van der Waals surface area (Å²) in [5.41, 5.74) is 1.11. The molecule has 88 valence electrons. The van der Waals surface area contributed by atoms with Crippen LogP contribution in [0.5, 0.6) is 0 Å². The Morgan fingerprint density at radius 2 is 2.12 bits per heavy atom. The zero-order valence-corrected chi connectivity index (χ0v) is 11.4. The molecule has 0 bridgehead atoms. The van der Waals surface area contributed by atoms with Crippen molar-refractivity contribution >= 4 is 15.9 Å². The first kappa shape index (κ1) is 12.1. The van der Waals surface area contributed by atoms with Crippen molar-refractivity contribution in [3.63, 3.8) is 0 Å². The minimum atomic E-state index is -0.120. The van der Waals surface area contributed by atoms with E-state index in [9.17, 15) is 4.39 Å². The summed E-state index contributed by atoms with van der Waals surface area (Å²) in [6.45, 7) is 4.47. The molecule has 0 spiro atoms. The molecule has 2 atom stereocenters. The third kappa shape index (κ3) is 2.16. The van der Waals surface area contributed by atoms with E-state index < -0.39 is 0 Å². The van der Waals surface area contributed by atoms with Crippen LogP contribution in [0.25, 0.3) is 0 Å². The predicted molar refractivity (Wildman–Crippen MR) is 67.8 cm³/mol. The van der Waals surface area contributed by atoms with E-state index in [2.05, 4.69) is 35.1 Å². The van der Waals surface area contributed by atoms with Crippen LogP contribution in [0.1, 0.15) is 31.9 Å². The van der Waals surface area contributed by atoms with Crippen LogP contribution < -0.4 is 5.32 Å². The lowest BCUT2D eigenvalue weighted by Crippen LogP contribution is -2.21. The minimum absolute atomic E-state index is 0.118. The van der Waals surface area contributed by atoms with Crippen molar-refractivity contribution in [2.45, 2.75) is 26.3 Å². The van der Waals surface area contributed by atoms with Gasteiger partial charge in [-0.05, 0) is 43.0 Å². The first-order valence-corrected chi connectivity index (χ1v) is 6.37. The number of nitrogens with one attached hydrogen (secondary N) is 1. The maximum absolute atomic E-state index is 13.8. The summed E-state index contributed by atoms with van der Waals surface area (Å²) in [7, 11) is 1.90. The molecule has 1 aliphatic carbocycles. The molecule has 1 aromatic rings. The fourth-order valence-corrected chi connectivity index (χ4v) is 2.78. The van der Waals surface area contributed by atoms with Crippen LogP contribution in [0.4, 0.5) is 4.39 Å². The van der Waals surface area contributed by atoms with Crippen molar-refractivity contribution in [1.82, 2.24) is 5.32 Å². The molecular weight excluding hydrogens is 269 g/mol. The number of benzene rings is 1. The van der Waals surface area contributed by atoms with E-state index in [1.54, 1.807) is 6.07 Å². The van der Waals surface area contributed by atoms with Gasteiger partial charge in [0.05, 0.1) is 0 Å². The second-order valence-electron chi connectivity index (χ2n) is 5.23. The lowest BCUT2D eigenvalue weighted by atomic mass is 9.97. The minimum Gasteiger partial charge on any atom is -0.313 e. The molecule has 1 nitrogen and oxygen atoms in total. The lowest BCUT2D eigenvalue weighted by molar-refractivity contribution is 0.425. The Labute approximate surface area is 105 Å². The number of rotatable bonds is 3. The van der Waals surface area contributed by atoms with Gasteiger partial charge in [0.25, 0.3) is 0 Å². The third-order valence-corrected chi connectivity index (χ3v) is 4.09. The van der Waals surface area contributed by atoms with Gasteiger partial charge in [0, 0.05) is 16.1 Å². The fraction of sp³-hybridized carbons (Fsp3) is 0.538. The Morgan fingerprint density at radius 3 is 2.62 bits per heavy atom. The van der Waals surface area contributed by atoms with Crippen LogP contribution in [-0.2, 0) is 0 Å². The van der Waals surface area contributed by atoms with Gasteiger partial charge < -0.3 is 5.32 Å². The summed E-state index contributed by atoms with van der Waals surface area (Å²) in [5, 5.41) is 3.24. The second kappa shape index (κ2) is 4.11. The van der Waals surface area contributed by atoms with Crippen molar-refractivity contribution in [3.05, 3.63) is 34.1 Å². The standard InChI is InChI=1S/C13H17BrFN/c1-13(2)7-10(13)12(16-3)9-6-8(14)4-5-11(9)15/h4-6,10,12,16H,7H2,1-3H3. The Morgan fingerprint density at radius 1 is 1.50 bits per heavy atom. The maximum Gasteiger partial charge on any atom is 0.128 e. The topological polar surface area (TPSA) is 12.0 Å². The van der Waals surface area contributed by atoms with Crippen LogP contribution in [0.3, 0.4) is 0 Å². The van der Waals surface area contributed by atoms with Crippen molar-refractivity contribution in [2.75, 3.05) is 7.05 Å². The van der Waals surface area contributed by atoms with Crippen LogP contribution in [0.2, 0.25) is 0 Å². The Balaban J connectivity index is 2.30. The molecule has 1 aromatic carbocycles. The molecule has 1 aliphatic rings. The highest BCUT2D eigenvalue weighted by molar-refractivity contribution is 9.10. The van der Waals surface area contributed by atoms with Gasteiger partial charge in [0.15, 0.2) is 0 Å². The van der Waals surface area contributed by atoms with Gasteiger partial charge in [-0.25, -0.2) is 4.39 Å². The van der Waals surface area contributed by atoms with Crippen LogP contribution in [0, 0.1) is 17.2 Å². The van der Waals surface area contributed by atoms with E-state index in [-0.39, 0.29) is 11.9 Å². The monoisotopic (exact) mass is 285 g/mol. The molecule has 0 aliphatic heterocycles. The summed E-state index contributed by atoms with van der Waals surface area (Å²) in [6, 6.07) is 5.26. The highest BCUT2D eigenvalue weighted by Crippen LogP contribution is 2.57. The zero-order valence-electron chi connectivity index (χ0n) is 9.85. The van der Waals surface area contributed by atoms with Gasteiger partial charge >= 0.3 is 0 Å². The van der Waals surface area contributed by atoms with Gasteiger partial charge in [-0.1, -0.05) is 29.8 Å². The number of hydrogen-bond acceptors (Lipinski definition) is 1. The normalized spacial score (nSPS) is 24.2. The molecule has 1 fully saturated rings. The predicted octanol–water partition coefficient (Wildman–Crippen LogP) is 3.89. The van der Waals surface area contributed by atoms with Crippen LogP contribution in [-0.4, -0.2) is 7.05 Å². The molecule has 3 heteroatoms. The molecule has 0 heterocycles. The van der Waals surface area contributed by atoms with Gasteiger partial charge in [-0.2, -0.15) is 0 Å². The molecule has 0 saturated heterocycles. The number of hydrogen-bond donors (Lipinski definition) is 1. The van der Waals surface area contributed by atoms with E-state index >= 15 is 0 Å². The van der Waals surface area contributed by atoms with Gasteiger partial charge in [0.1, 0.15) is 5.82 Å². The van der Waals surface area contributed by atoms with Gasteiger partial charge in [-0.15, -0.1) is 0 Å². The molecule has 1 saturated carbocycles. The summed E-state index contributed by atoms with van der Waals surface area (Å²) in [4.78, 5) is 0. The SMILES string of the molecule is CNC(c1cc(Br)ccc1F)C1CC1(C)C. The Kier molecular flexibility index (Phi) is 3.10. The van der Waals surface area contributed by atoms with Crippen molar-refractivity contribution in [2.24, 2.45) is 11.3 Å². The first-order valence-electron chi connectivity index (χ1n) is 5.58. The average molecular weight is 286 g/mol. The van der Waals surface area contributed by atoms with E-state index in [4.69, 9.17) is 0 Å². The largest absolute Gasteiger partial charge is 0.313 e. The second-order valence-corrected chi connectivity index (χ2v) is 6.15. The highest BCUT2D eigenvalue weighted by Gasteiger charge is 2.50. The molecule has 0 aromatic heterocycles. The summed E-state index contributed by atoms with van der Waals surface area (Å²) in [5.74, 6) is 0.409. The summed E-state index contributed by atoms with van der Waals surface area (Å²) >= 11 is 3.40. The van der Waals surface area contributed by atoms with E-state index in [1.165, 1.54) is 6.07 Å². The Bertz CT molecular complexity index is 403. The smallest absolute Gasteiger partial charge is 0.128 e.